The van der Waals surface area contributed by atoms with Crippen molar-refractivity contribution < 1.29 is 29.1 Å². The van der Waals surface area contributed by atoms with Crippen LogP contribution in [0.4, 0.5) is 0 Å². The number of carbonyl (C=O) groups excluding carboxylic acids is 5. The van der Waals surface area contributed by atoms with Crippen LogP contribution in [0.5, 0.6) is 0 Å². The molecule has 202 valence electrons. The Hall–Kier alpha value is -2.73. The molecule has 2 saturated carbocycles. The smallest absolute Gasteiger partial charge is 0.190 e. The quantitative estimate of drug-likeness (QED) is 0.592. The number of hydrogen-bond acceptors (Lipinski definition) is 6. The maximum atomic E-state index is 14.5. The summed E-state index contributed by atoms with van der Waals surface area (Å²) in [6.45, 7) is 14.5. The SMILES string of the molecule is CC(=O)C1C(=O)C(C(C)C)[C@@]2(C)C[C@@]3(C)Cc4c(C(C)C)cc5c(c4C(=O)C3C(=O)[C@@]2(O)C1=O)CC(C)=C5. The van der Waals surface area contributed by atoms with Gasteiger partial charge in [-0.15, -0.1) is 0 Å². The molecule has 0 heterocycles. The Morgan fingerprint density at radius 2 is 1.66 bits per heavy atom. The molecule has 1 N–H and O–H groups in total. The predicted molar refractivity (Wildman–Crippen MR) is 143 cm³/mol. The van der Waals surface area contributed by atoms with Crippen molar-refractivity contribution in [3.63, 3.8) is 0 Å². The van der Waals surface area contributed by atoms with Crippen molar-refractivity contribution in [2.45, 2.75) is 86.2 Å². The molecule has 5 rings (SSSR count). The van der Waals surface area contributed by atoms with Crippen molar-refractivity contribution in [2.75, 3.05) is 0 Å². The fraction of sp³-hybridized carbons (Fsp3) is 0.594. The topological polar surface area (TPSA) is 106 Å². The number of Topliss-reactive ketones (excluding diaryl/α,β-unsaturated/α-hetero) is 5. The maximum Gasteiger partial charge on any atom is 0.190 e. The Bertz CT molecular complexity index is 1380. The van der Waals surface area contributed by atoms with Crippen LogP contribution in [0.1, 0.15) is 100 Å². The van der Waals surface area contributed by atoms with Crippen LogP contribution in [-0.2, 0) is 32.0 Å². The summed E-state index contributed by atoms with van der Waals surface area (Å²) in [6, 6.07) is 2.16. The number of rotatable bonds is 3. The predicted octanol–water partition coefficient (Wildman–Crippen LogP) is 4.47. The largest absolute Gasteiger partial charge is 0.374 e. The highest BCUT2D eigenvalue weighted by Crippen LogP contribution is 2.64. The van der Waals surface area contributed by atoms with Gasteiger partial charge in [-0.25, -0.2) is 0 Å². The van der Waals surface area contributed by atoms with Crippen LogP contribution in [0, 0.1) is 34.5 Å². The van der Waals surface area contributed by atoms with Gasteiger partial charge in [-0.05, 0) is 72.6 Å². The molecular formula is C32H38O6. The van der Waals surface area contributed by atoms with Crippen molar-refractivity contribution >= 4 is 35.0 Å². The Labute approximate surface area is 224 Å². The number of carbonyl (C=O) groups is 5. The molecule has 6 heteroatoms. The van der Waals surface area contributed by atoms with E-state index in [4.69, 9.17) is 0 Å². The molecule has 6 atom stereocenters. The van der Waals surface area contributed by atoms with E-state index in [-0.39, 0.29) is 24.0 Å². The highest BCUT2D eigenvalue weighted by atomic mass is 16.3. The van der Waals surface area contributed by atoms with Gasteiger partial charge in [-0.2, -0.15) is 0 Å². The molecular weight excluding hydrogens is 480 g/mol. The molecule has 0 bridgehead atoms. The first-order valence-electron chi connectivity index (χ1n) is 13.8. The van der Waals surface area contributed by atoms with E-state index < -0.39 is 57.3 Å². The highest BCUT2D eigenvalue weighted by molar-refractivity contribution is 6.32. The summed E-state index contributed by atoms with van der Waals surface area (Å²) in [7, 11) is 0. The lowest BCUT2D eigenvalue weighted by atomic mass is 9.39. The summed E-state index contributed by atoms with van der Waals surface area (Å²) >= 11 is 0. The minimum absolute atomic E-state index is 0.148. The molecule has 38 heavy (non-hydrogen) atoms. The lowest BCUT2D eigenvalue weighted by Gasteiger charge is -2.62. The molecule has 2 fully saturated rings. The maximum absolute atomic E-state index is 14.5. The standard InChI is InChI=1S/C32H38O6/c1-14(2)19-11-18-9-16(5)10-20(18)23-21(19)12-30(7)13-31(8)24(15(3)4)26(34)22(17(6)33)28(36)32(31,38)29(37)25(30)27(23)35/h9,11,14-15,22,24-25,38H,10,12-13H2,1-8H3/t22?,24?,25?,30-,31-,32+/m1/s1. The second kappa shape index (κ2) is 8.14. The van der Waals surface area contributed by atoms with Gasteiger partial charge < -0.3 is 5.11 Å². The highest BCUT2D eigenvalue weighted by Gasteiger charge is 2.76. The molecule has 1 aromatic rings. The Balaban J connectivity index is 1.76. The molecule has 4 aliphatic rings. The van der Waals surface area contributed by atoms with Gasteiger partial charge in [0.15, 0.2) is 28.7 Å². The summed E-state index contributed by atoms with van der Waals surface area (Å²) in [5.41, 5.74) is 0.703. The molecule has 0 aliphatic heterocycles. The fourth-order valence-electron chi connectivity index (χ4n) is 8.77. The van der Waals surface area contributed by atoms with Gasteiger partial charge in [-0.3, -0.25) is 24.0 Å². The average Bonchev–Trinajstić information content (AvgIpc) is 3.14. The lowest BCUT2D eigenvalue weighted by molar-refractivity contribution is -0.205. The van der Waals surface area contributed by atoms with Crippen LogP contribution in [0.3, 0.4) is 0 Å². The fourth-order valence-corrected chi connectivity index (χ4v) is 8.77. The summed E-state index contributed by atoms with van der Waals surface area (Å²) in [5, 5.41) is 12.2. The second-order valence-electron chi connectivity index (χ2n) is 13.5. The first-order valence-corrected chi connectivity index (χ1v) is 13.8. The molecule has 0 aromatic heterocycles. The molecule has 6 nitrogen and oxygen atoms in total. The zero-order chi connectivity index (χ0) is 28.3. The van der Waals surface area contributed by atoms with E-state index >= 15 is 0 Å². The van der Waals surface area contributed by atoms with Gasteiger partial charge in [0.05, 0.1) is 5.92 Å². The Kier molecular flexibility index (Phi) is 5.75. The molecule has 3 unspecified atom stereocenters. The van der Waals surface area contributed by atoms with Crippen LogP contribution >= 0.6 is 0 Å². The number of ketones is 5. The molecule has 0 spiro atoms. The molecule has 0 saturated heterocycles. The normalized spacial score (nSPS) is 36.2. The second-order valence-corrected chi connectivity index (χ2v) is 13.5. The first kappa shape index (κ1) is 26.9. The van der Waals surface area contributed by atoms with Crippen LogP contribution in [0.25, 0.3) is 6.08 Å². The van der Waals surface area contributed by atoms with Crippen LogP contribution in [0.2, 0.25) is 0 Å². The van der Waals surface area contributed by atoms with E-state index in [0.29, 0.717) is 18.4 Å². The summed E-state index contributed by atoms with van der Waals surface area (Å²) in [6.07, 6.45) is 3.29. The molecule has 4 aliphatic carbocycles. The van der Waals surface area contributed by atoms with Crippen molar-refractivity contribution in [1.29, 1.82) is 0 Å². The van der Waals surface area contributed by atoms with E-state index in [1.807, 2.05) is 27.7 Å². The van der Waals surface area contributed by atoms with Crippen molar-refractivity contribution in [1.82, 2.24) is 0 Å². The Morgan fingerprint density at radius 1 is 1.03 bits per heavy atom. The van der Waals surface area contributed by atoms with Gasteiger partial charge in [0, 0.05) is 16.9 Å². The minimum atomic E-state index is -2.59. The summed E-state index contributed by atoms with van der Waals surface area (Å²) in [4.78, 5) is 68.8. The molecule has 1 aromatic carbocycles. The van der Waals surface area contributed by atoms with Crippen LogP contribution < -0.4 is 0 Å². The molecule has 0 amide bonds. The monoisotopic (exact) mass is 518 g/mol. The number of aliphatic hydroxyl groups is 1. The third kappa shape index (κ3) is 3.13. The van der Waals surface area contributed by atoms with E-state index in [9.17, 15) is 29.1 Å². The number of benzene rings is 1. The van der Waals surface area contributed by atoms with Gasteiger partial charge in [-0.1, -0.05) is 59.3 Å². The third-order valence-corrected chi connectivity index (χ3v) is 10.1. The van der Waals surface area contributed by atoms with E-state index in [1.54, 1.807) is 6.92 Å². The summed E-state index contributed by atoms with van der Waals surface area (Å²) < 4.78 is 0. The van der Waals surface area contributed by atoms with Gasteiger partial charge in [0.1, 0.15) is 11.7 Å². The van der Waals surface area contributed by atoms with E-state index in [0.717, 1.165) is 34.8 Å². The van der Waals surface area contributed by atoms with Crippen molar-refractivity contribution in [3.8, 4) is 0 Å². The van der Waals surface area contributed by atoms with Gasteiger partial charge in [0.25, 0.3) is 0 Å². The average molecular weight is 519 g/mol. The van der Waals surface area contributed by atoms with Gasteiger partial charge in [0.2, 0.25) is 0 Å². The number of allylic oxidation sites excluding steroid dienone is 1. The molecule has 0 radical (unpaired) electrons. The zero-order valence-corrected chi connectivity index (χ0v) is 23.7. The van der Waals surface area contributed by atoms with Crippen LogP contribution in [0.15, 0.2) is 11.6 Å². The van der Waals surface area contributed by atoms with Crippen molar-refractivity contribution in [3.05, 3.63) is 39.5 Å². The minimum Gasteiger partial charge on any atom is -0.374 e. The third-order valence-electron chi connectivity index (χ3n) is 10.1. The number of hydrogen-bond donors (Lipinski definition) is 1. The zero-order valence-electron chi connectivity index (χ0n) is 23.7. The van der Waals surface area contributed by atoms with E-state index in [2.05, 4.69) is 26.0 Å². The lowest BCUT2D eigenvalue weighted by Crippen LogP contribution is -2.77. The Morgan fingerprint density at radius 3 is 2.21 bits per heavy atom. The van der Waals surface area contributed by atoms with E-state index in [1.165, 1.54) is 0 Å². The van der Waals surface area contributed by atoms with Crippen LogP contribution in [-0.4, -0.2) is 39.6 Å². The number of fused-ring (bicyclic) bond motifs is 5. The van der Waals surface area contributed by atoms with Gasteiger partial charge >= 0.3 is 0 Å². The first-order chi connectivity index (χ1) is 17.5. The summed E-state index contributed by atoms with van der Waals surface area (Å²) in [5.74, 6) is -7.41. The van der Waals surface area contributed by atoms with Crippen molar-refractivity contribution in [2.24, 2.45) is 34.5 Å².